The van der Waals surface area contributed by atoms with Crippen molar-refractivity contribution in [3.63, 3.8) is 0 Å². The van der Waals surface area contributed by atoms with E-state index in [1.165, 1.54) is 11.8 Å². The molecular weight excluding hydrogens is 328 g/mol. The van der Waals surface area contributed by atoms with Crippen molar-refractivity contribution in [3.8, 4) is 11.1 Å². The maximum absolute atomic E-state index is 12.0. The SMILES string of the molecule is C/C=C/c1ccc(C(CC)CCC)c(-c2cccc(S(C)(=O)=O)c2)c1. The van der Waals surface area contributed by atoms with E-state index in [9.17, 15) is 8.42 Å². The highest BCUT2D eigenvalue weighted by Gasteiger charge is 2.16. The van der Waals surface area contributed by atoms with E-state index in [0.717, 1.165) is 36.0 Å². The van der Waals surface area contributed by atoms with Crippen molar-refractivity contribution in [2.75, 3.05) is 6.26 Å². The van der Waals surface area contributed by atoms with Crippen LogP contribution in [0.4, 0.5) is 0 Å². The van der Waals surface area contributed by atoms with E-state index in [1.54, 1.807) is 12.1 Å². The van der Waals surface area contributed by atoms with Gasteiger partial charge >= 0.3 is 0 Å². The quantitative estimate of drug-likeness (QED) is 0.602. The summed E-state index contributed by atoms with van der Waals surface area (Å²) in [4.78, 5) is 0.371. The van der Waals surface area contributed by atoms with Gasteiger partial charge in [0.25, 0.3) is 0 Å². The van der Waals surface area contributed by atoms with Crippen LogP contribution in [0.1, 0.15) is 57.1 Å². The van der Waals surface area contributed by atoms with E-state index >= 15 is 0 Å². The van der Waals surface area contributed by atoms with Gasteiger partial charge in [-0.05, 0) is 66.1 Å². The Kier molecular flexibility index (Phi) is 6.60. The largest absolute Gasteiger partial charge is 0.224 e. The van der Waals surface area contributed by atoms with Crippen LogP contribution in [0.3, 0.4) is 0 Å². The van der Waals surface area contributed by atoms with Gasteiger partial charge in [-0.25, -0.2) is 8.42 Å². The van der Waals surface area contributed by atoms with E-state index in [0.29, 0.717) is 10.8 Å². The van der Waals surface area contributed by atoms with Gasteiger partial charge in [0.05, 0.1) is 4.90 Å². The molecule has 2 aromatic rings. The molecule has 1 atom stereocenters. The van der Waals surface area contributed by atoms with E-state index in [1.807, 2.05) is 25.1 Å². The molecule has 2 aromatic carbocycles. The molecule has 134 valence electrons. The minimum atomic E-state index is -3.22. The van der Waals surface area contributed by atoms with Gasteiger partial charge in [0.2, 0.25) is 0 Å². The molecule has 0 aliphatic rings. The highest BCUT2D eigenvalue weighted by molar-refractivity contribution is 7.90. The van der Waals surface area contributed by atoms with E-state index in [-0.39, 0.29) is 0 Å². The molecule has 0 saturated heterocycles. The standard InChI is InChI=1S/C22H28O2S/c1-5-9-17-13-14-21(18(7-3)10-6-2)22(15-17)19-11-8-12-20(16-19)25(4,23)24/h5,8-9,11-16,18H,6-7,10H2,1-4H3/b9-5+. The minimum absolute atomic E-state index is 0.371. The van der Waals surface area contributed by atoms with Gasteiger partial charge in [0, 0.05) is 6.26 Å². The molecule has 1 unspecified atom stereocenters. The van der Waals surface area contributed by atoms with Crippen molar-refractivity contribution in [3.05, 3.63) is 59.7 Å². The molecule has 0 saturated carbocycles. The number of hydrogen-bond acceptors (Lipinski definition) is 2. The summed E-state index contributed by atoms with van der Waals surface area (Å²) in [6, 6.07) is 13.8. The zero-order valence-electron chi connectivity index (χ0n) is 15.6. The predicted octanol–water partition coefficient (Wildman–Crippen LogP) is 6.08. The first kappa shape index (κ1) is 19.5. The summed E-state index contributed by atoms with van der Waals surface area (Å²) in [6.45, 7) is 6.43. The first-order valence-corrected chi connectivity index (χ1v) is 10.9. The van der Waals surface area contributed by atoms with Crippen molar-refractivity contribution >= 4 is 15.9 Å². The van der Waals surface area contributed by atoms with Gasteiger partial charge in [-0.2, -0.15) is 0 Å². The average Bonchev–Trinajstić information content (AvgIpc) is 2.59. The molecule has 2 rings (SSSR count). The fourth-order valence-electron chi connectivity index (χ4n) is 3.30. The van der Waals surface area contributed by atoms with Crippen molar-refractivity contribution in [1.29, 1.82) is 0 Å². The first-order chi connectivity index (χ1) is 11.9. The van der Waals surface area contributed by atoms with Crippen LogP contribution < -0.4 is 0 Å². The molecule has 25 heavy (non-hydrogen) atoms. The van der Waals surface area contributed by atoms with E-state index in [4.69, 9.17) is 0 Å². The topological polar surface area (TPSA) is 34.1 Å². The third-order valence-electron chi connectivity index (χ3n) is 4.58. The van der Waals surface area contributed by atoms with Crippen LogP contribution in [0.15, 0.2) is 53.4 Å². The lowest BCUT2D eigenvalue weighted by atomic mass is 9.85. The second kappa shape index (κ2) is 8.48. The van der Waals surface area contributed by atoms with Gasteiger partial charge in [-0.15, -0.1) is 0 Å². The molecule has 0 aliphatic heterocycles. The van der Waals surface area contributed by atoms with E-state index < -0.39 is 9.84 Å². The van der Waals surface area contributed by atoms with Crippen LogP contribution in [0.5, 0.6) is 0 Å². The molecule has 0 aliphatic carbocycles. The highest BCUT2D eigenvalue weighted by atomic mass is 32.2. The van der Waals surface area contributed by atoms with Crippen molar-refractivity contribution in [2.24, 2.45) is 0 Å². The monoisotopic (exact) mass is 356 g/mol. The van der Waals surface area contributed by atoms with Crippen molar-refractivity contribution in [2.45, 2.75) is 50.8 Å². The van der Waals surface area contributed by atoms with Gasteiger partial charge in [-0.1, -0.05) is 56.7 Å². The number of allylic oxidation sites excluding steroid dienone is 1. The molecule has 0 fully saturated rings. The summed E-state index contributed by atoms with van der Waals surface area (Å²) in [5.41, 5.74) is 4.56. The Morgan fingerprint density at radius 1 is 1.08 bits per heavy atom. The molecule has 0 radical (unpaired) electrons. The van der Waals surface area contributed by atoms with Crippen LogP contribution in [-0.2, 0) is 9.84 Å². The third kappa shape index (κ3) is 4.82. The Morgan fingerprint density at radius 3 is 2.44 bits per heavy atom. The Labute approximate surface area is 152 Å². The average molecular weight is 357 g/mol. The van der Waals surface area contributed by atoms with Gasteiger partial charge in [-0.3, -0.25) is 0 Å². The summed E-state index contributed by atoms with van der Waals surface area (Å²) in [5, 5.41) is 0. The van der Waals surface area contributed by atoms with Gasteiger partial charge < -0.3 is 0 Å². The molecule has 0 aromatic heterocycles. The minimum Gasteiger partial charge on any atom is -0.224 e. The van der Waals surface area contributed by atoms with Crippen molar-refractivity contribution < 1.29 is 8.42 Å². The summed E-state index contributed by atoms with van der Waals surface area (Å²) in [5.74, 6) is 0.488. The van der Waals surface area contributed by atoms with Crippen LogP contribution in [-0.4, -0.2) is 14.7 Å². The number of sulfone groups is 1. The molecule has 0 N–H and O–H groups in total. The molecule has 0 spiro atoms. The summed E-state index contributed by atoms with van der Waals surface area (Å²) in [6.07, 6.45) is 8.71. The molecule has 0 bridgehead atoms. The first-order valence-electron chi connectivity index (χ1n) is 8.97. The Hall–Kier alpha value is -1.87. The summed E-state index contributed by atoms with van der Waals surface area (Å²) in [7, 11) is -3.22. The van der Waals surface area contributed by atoms with Crippen molar-refractivity contribution in [1.82, 2.24) is 0 Å². The zero-order chi connectivity index (χ0) is 18.4. The lowest BCUT2D eigenvalue weighted by Gasteiger charge is -2.20. The second-order valence-electron chi connectivity index (χ2n) is 6.54. The lowest BCUT2D eigenvalue weighted by Crippen LogP contribution is -2.01. The normalized spacial score (nSPS) is 13.3. The highest BCUT2D eigenvalue weighted by Crippen LogP contribution is 2.35. The van der Waals surface area contributed by atoms with E-state index in [2.05, 4.69) is 38.1 Å². The fourth-order valence-corrected chi connectivity index (χ4v) is 3.97. The Morgan fingerprint density at radius 2 is 1.84 bits per heavy atom. The number of rotatable bonds is 7. The molecule has 2 nitrogen and oxygen atoms in total. The van der Waals surface area contributed by atoms with Gasteiger partial charge in [0.1, 0.15) is 0 Å². The molecule has 0 amide bonds. The molecular formula is C22H28O2S. The predicted molar refractivity (Wildman–Crippen MR) is 108 cm³/mol. The van der Waals surface area contributed by atoms with Crippen LogP contribution in [0.2, 0.25) is 0 Å². The third-order valence-corrected chi connectivity index (χ3v) is 5.69. The van der Waals surface area contributed by atoms with Crippen LogP contribution in [0, 0.1) is 0 Å². The summed E-state index contributed by atoms with van der Waals surface area (Å²) >= 11 is 0. The summed E-state index contributed by atoms with van der Waals surface area (Å²) < 4.78 is 23.9. The maximum atomic E-state index is 12.0. The number of hydrogen-bond donors (Lipinski definition) is 0. The molecule has 0 heterocycles. The fraction of sp³-hybridized carbons (Fsp3) is 0.364. The smallest absolute Gasteiger partial charge is 0.175 e. The van der Waals surface area contributed by atoms with Crippen LogP contribution >= 0.6 is 0 Å². The van der Waals surface area contributed by atoms with Gasteiger partial charge in [0.15, 0.2) is 9.84 Å². The Balaban J connectivity index is 2.66. The second-order valence-corrected chi connectivity index (χ2v) is 8.56. The zero-order valence-corrected chi connectivity index (χ0v) is 16.4. The molecule has 3 heteroatoms. The number of benzene rings is 2. The Bertz CT molecular complexity index is 848. The maximum Gasteiger partial charge on any atom is 0.175 e. The van der Waals surface area contributed by atoms with Crippen LogP contribution in [0.25, 0.3) is 17.2 Å². The lowest BCUT2D eigenvalue weighted by molar-refractivity contribution is 0.597.